The van der Waals surface area contributed by atoms with Gasteiger partial charge in [-0.3, -0.25) is 4.79 Å². The Hall–Kier alpha value is -1.10. The number of nitriles is 1. The van der Waals surface area contributed by atoms with E-state index in [4.69, 9.17) is 0 Å². The van der Waals surface area contributed by atoms with Crippen LogP contribution in [0.15, 0.2) is 11.6 Å². The monoisotopic (exact) mass is 309 g/mol. The Morgan fingerprint density at radius 3 is 2.87 bits per heavy atom. The maximum Gasteiger partial charge on any atom is 0.155 e. The molecule has 0 unspecified atom stereocenters. The third-order valence-electron chi connectivity index (χ3n) is 8.65. The van der Waals surface area contributed by atoms with E-state index in [9.17, 15) is 10.1 Å². The number of rotatable bonds is 1. The molecule has 4 fully saturated rings. The molecule has 2 nitrogen and oxygen atoms in total. The second-order valence-electron chi connectivity index (χ2n) is 8.99. The van der Waals surface area contributed by atoms with Crippen LogP contribution in [-0.2, 0) is 4.79 Å². The standard InChI is InChI=1S/C21H27NO/c1-2-21-8-7-15-14-5-4-13(23)9-16(14)17-10-18(17)20(15)19(21)6-3-12(21)11-22/h9,12,14-15,17-20H,2-8,10H2,1H3/t12-,14-,15-,17+,18+,19+,20+,21-/m1/s1. The Balaban J connectivity index is 1.53. The molecule has 8 atom stereocenters. The Labute approximate surface area is 139 Å². The second-order valence-corrected chi connectivity index (χ2v) is 8.99. The van der Waals surface area contributed by atoms with Crippen LogP contribution in [0.5, 0.6) is 0 Å². The van der Waals surface area contributed by atoms with Gasteiger partial charge in [0.25, 0.3) is 0 Å². The molecule has 0 aliphatic heterocycles. The molecule has 0 aromatic rings. The van der Waals surface area contributed by atoms with E-state index >= 15 is 0 Å². The lowest BCUT2D eigenvalue weighted by Gasteiger charge is -2.54. The second kappa shape index (κ2) is 4.71. The number of hydrogen-bond donors (Lipinski definition) is 0. The Bertz CT molecular complexity index is 628. The summed E-state index contributed by atoms with van der Waals surface area (Å²) in [5.74, 6) is 5.46. The van der Waals surface area contributed by atoms with Gasteiger partial charge in [-0.05, 0) is 91.9 Å². The van der Waals surface area contributed by atoms with Crippen LogP contribution in [0.3, 0.4) is 0 Å². The zero-order valence-corrected chi connectivity index (χ0v) is 14.1. The first-order chi connectivity index (χ1) is 11.2. The van der Waals surface area contributed by atoms with Gasteiger partial charge in [0.05, 0.1) is 12.0 Å². The summed E-state index contributed by atoms with van der Waals surface area (Å²) >= 11 is 0. The average molecular weight is 309 g/mol. The molecule has 0 N–H and O–H groups in total. The largest absolute Gasteiger partial charge is 0.295 e. The molecule has 0 spiro atoms. The summed E-state index contributed by atoms with van der Waals surface area (Å²) in [6.45, 7) is 2.33. The van der Waals surface area contributed by atoms with E-state index in [1.165, 1.54) is 32.1 Å². The van der Waals surface area contributed by atoms with Crippen molar-refractivity contribution in [1.82, 2.24) is 0 Å². The zero-order chi connectivity index (χ0) is 15.8. The smallest absolute Gasteiger partial charge is 0.155 e. The molecular weight excluding hydrogens is 282 g/mol. The summed E-state index contributed by atoms with van der Waals surface area (Å²) in [6.07, 6.45) is 11.5. The number of ketones is 1. The molecule has 0 saturated heterocycles. The van der Waals surface area contributed by atoms with Crippen molar-refractivity contribution in [3.63, 3.8) is 0 Å². The van der Waals surface area contributed by atoms with Crippen molar-refractivity contribution in [2.45, 2.75) is 58.3 Å². The third-order valence-corrected chi connectivity index (χ3v) is 8.65. The Kier molecular flexibility index (Phi) is 2.92. The fourth-order valence-electron chi connectivity index (χ4n) is 7.70. The van der Waals surface area contributed by atoms with Crippen molar-refractivity contribution < 1.29 is 4.79 Å². The summed E-state index contributed by atoms with van der Waals surface area (Å²) in [4.78, 5) is 11.9. The number of nitrogens with zero attached hydrogens (tertiary/aromatic N) is 1. The number of fused-ring (bicyclic) bond motifs is 8. The zero-order valence-electron chi connectivity index (χ0n) is 14.1. The lowest BCUT2D eigenvalue weighted by Crippen LogP contribution is -2.48. The van der Waals surface area contributed by atoms with Crippen LogP contribution in [0.1, 0.15) is 58.3 Å². The number of carbonyl (C=O) groups is 1. The fraction of sp³-hybridized carbons (Fsp3) is 0.810. The van der Waals surface area contributed by atoms with E-state index in [1.807, 2.05) is 6.08 Å². The van der Waals surface area contributed by atoms with E-state index < -0.39 is 0 Å². The van der Waals surface area contributed by atoms with Crippen LogP contribution in [0.25, 0.3) is 0 Å². The molecule has 4 saturated carbocycles. The topological polar surface area (TPSA) is 40.9 Å². The van der Waals surface area contributed by atoms with Gasteiger partial charge in [-0.15, -0.1) is 0 Å². The average Bonchev–Trinajstić information content (AvgIpc) is 3.28. The molecule has 2 heteroatoms. The normalized spacial score (nSPS) is 53.3. The minimum absolute atomic E-state index is 0.306. The summed E-state index contributed by atoms with van der Waals surface area (Å²) in [5, 5.41) is 9.69. The molecule has 0 aromatic heterocycles. The molecule has 122 valence electrons. The highest BCUT2D eigenvalue weighted by Crippen LogP contribution is 2.71. The molecule has 5 aliphatic rings. The lowest BCUT2D eigenvalue weighted by molar-refractivity contribution is -0.116. The highest BCUT2D eigenvalue weighted by molar-refractivity contribution is 5.91. The quantitative estimate of drug-likeness (QED) is 0.715. The predicted octanol–water partition coefficient (Wildman–Crippen LogP) is 4.51. The van der Waals surface area contributed by atoms with E-state index in [2.05, 4.69) is 13.0 Å². The molecule has 0 amide bonds. The minimum atomic E-state index is 0.306. The van der Waals surface area contributed by atoms with E-state index in [0.29, 0.717) is 23.0 Å². The van der Waals surface area contributed by atoms with Gasteiger partial charge in [-0.2, -0.15) is 5.26 Å². The highest BCUT2D eigenvalue weighted by atomic mass is 16.1. The molecule has 5 rings (SSSR count). The molecule has 0 radical (unpaired) electrons. The number of hydrogen-bond acceptors (Lipinski definition) is 2. The predicted molar refractivity (Wildman–Crippen MR) is 88.2 cm³/mol. The van der Waals surface area contributed by atoms with Gasteiger partial charge in [0.2, 0.25) is 0 Å². The summed E-state index contributed by atoms with van der Waals surface area (Å²) in [5.41, 5.74) is 1.88. The summed E-state index contributed by atoms with van der Waals surface area (Å²) in [6, 6.07) is 2.68. The number of carbonyl (C=O) groups excluding carboxylic acids is 1. The van der Waals surface area contributed by atoms with Gasteiger partial charge < -0.3 is 0 Å². The van der Waals surface area contributed by atoms with Gasteiger partial charge >= 0.3 is 0 Å². The van der Waals surface area contributed by atoms with Crippen molar-refractivity contribution >= 4 is 5.78 Å². The van der Waals surface area contributed by atoms with Crippen molar-refractivity contribution in [3.05, 3.63) is 11.6 Å². The maximum absolute atomic E-state index is 11.9. The van der Waals surface area contributed by atoms with Gasteiger partial charge in [-0.25, -0.2) is 0 Å². The van der Waals surface area contributed by atoms with Crippen LogP contribution < -0.4 is 0 Å². The van der Waals surface area contributed by atoms with E-state index in [-0.39, 0.29) is 0 Å². The molecule has 5 aliphatic carbocycles. The molecule has 23 heavy (non-hydrogen) atoms. The van der Waals surface area contributed by atoms with Crippen molar-refractivity contribution in [2.24, 2.45) is 46.8 Å². The SMILES string of the molecule is CC[C@]12CC[C@H]3[C@@H]([C@H]4C[C@H]4C4=CC(=O)CC[C@@H]43)[C@@H]1CC[C@@H]2C#N. The van der Waals surface area contributed by atoms with Crippen LogP contribution in [-0.4, -0.2) is 5.78 Å². The van der Waals surface area contributed by atoms with Gasteiger partial charge in [0.1, 0.15) is 0 Å². The van der Waals surface area contributed by atoms with E-state index in [0.717, 1.165) is 48.9 Å². The molecular formula is C21H27NO. The van der Waals surface area contributed by atoms with Gasteiger partial charge in [0.15, 0.2) is 5.78 Å². The first kappa shape index (κ1) is 14.3. The maximum atomic E-state index is 11.9. The first-order valence-corrected chi connectivity index (χ1v) is 9.83. The van der Waals surface area contributed by atoms with Crippen LogP contribution in [0, 0.1) is 58.2 Å². The number of allylic oxidation sites excluding steroid dienone is 1. The van der Waals surface area contributed by atoms with Crippen LogP contribution in [0.2, 0.25) is 0 Å². The van der Waals surface area contributed by atoms with Crippen molar-refractivity contribution in [2.75, 3.05) is 0 Å². The Morgan fingerprint density at radius 2 is 2.09 bits per heavy atom. The minimum Gasteiger partial charge on any atom is -0.295 e. The van der Waals surface area contributed by atoms with Crippen molar-refractivity contribution in [3.8, 4) is 6.07 Å². The summed E-state index contributed by atoms with van der Waals surface area (Å²) in [7, 11) is 0. The third kappa shape index (κ3) is 1.72. The molecule has 0 heterocycles. The van der Waals surface area contributed by atoms with Crippen molar-refractivity contribution in [1.29, 1.82) is 5.26 Å². The van der Waals surface area contributed by atoms with Crippen LogP contribution >= 0.6 is 0 Å². The first-order valence-electron chi connectivity index (χ1n) is 9.83. The van der Waals surface area contributed by atoms with Crippen LogP contribution in [0.4, 0.5) is 0 Å². The molecule has 0 bridgehead atoms. The molecule has 0 aromatic carbocycles. The fourth-order valence-corrected chi connectivity index (χ4v) is 7.70. The summed E-state index contributed by atoms with van der Waals surface area (Å²) < 4.78 is 0. The van der Waals surface area contributed by atoms with Gasteiger partial charge in [0, 0.05) is 6.42 Å². The lowest BCUT2D eigenvalue weighted by atomic mass is 9.50. The van der Waals surface area contributed by atoms with Gasteiger partial charge in [-0.1, -0.05) is 12.5 Å². The van der Waals surface area contributed by atoms with E-state index in [1.54, 1.807) is 5.57 Å². The Morgan fingerprint density at radius 1 is 1.22 bits per heavy atom. The highest BCUT2D eigenvalue weighted by Gasteiger charge is 2.65.